The van der Waals surface area contributed by atoms with E-state index in [9.17, 15) is 4.79 Å². The topological polar surface area (TPSA) is 35.1 Å². The van der Waals surface area contributed by atoms with Crippen LogP contribution in [0.5, 0.6) is 0 Å². The van der Waals surface area contributed by atoms with Crippen LogP contribution < -0.4 is 4.57 Å². The average molecular weight is 337 g/mol. The molecule has 0 unspecified atom stereocenters. The molecule has 0 saturated carbocycles. The number of fused-ring (bicyclic) bond motifs is 1. The highest BCUT2D eigenvalue weighted by Gasteiger charge is 2.23. The van der Waals surface area contributed by atoms with Crippen molar-refractivity contribution in [3.63, 3.8) is 0 Å². The van der Waals surface area contributed by atoms with Gasteiger partial charge in [0.05, 0.1) is 18.7 Å². The summed E-state index contributed by atoms with van der Waals surface area (Å²) in [7, 11) is 0. The van der Waals surface area contributed by atoms with E-state index in [0.717, 1.165) is 24.1 Å². The van der Waals surface area contributed by atoms with Crippen molar-refractivity contribution in [1.29, 1.82) is 0 Å². The van der Waals surface area contributed by atoms with Gasteiger partial charge in [-0.25, -0.2) is 13.9 Å². The third-order valence-corrected chi connectivity index (χ3v) is 4.76. The molecule has 0 aliphatic carbocycles. The van der Waals surface area contributed by atoms with Gasteiger partial charge in [0, 0.05) is 13.0 Å². The van der Waals surface area contributed by atoms with Crippen LogP contribution in [0.3, 0.4) is 0 Å². The summed E-state index contributed by atoms with van der Waals surface area (Å²) in [6, 6.07) is 14.2. The number of aryl methyl sites for hydroxylation is 2. The van der Waals surface area contributed by atoms with Crippen LogP contribution in [0.15, 0.2) is 42.5 Å². The fraction of sp³-hybridized carbons (Fsp3) is 0.333. The van der Waals surface area contributed by atoms with E-state index in [0.29, 0.717) is 12.2 Å². The third-order valence-electron chi connectivity index (χ3n) is 4.76. The monoisotopic (exact) mass is 337 g/mol. The number of imidazole rings is 1. The van der Waals surface area contributed by atoms with E-state index in [1.807, 2.05) is 25.1 Å². The first-order valence-corrected chi connectivity index (χ1v) is 8.81. The molecule has 3 aromatic rings. The van der Waals surface area contributed by atoms with Gasteiger partial charge in [-0.05, 0) is 44.0 Å². The molecule has 0 fully saturated rings. The molecule has 4 heteroatoms. The maximum atomic E-state index is 12.1. The maximum Gasteiger partial charge on any atom is 0.338 e. The number of hydrogen-bond acceptors (Lipinski definition) is 2. The van der Waals surface area contributed by atoms with Crippen molar-refractivity contribution in [2.24, 2.45) is 0 Å². The van der Waals surface area contributed by atoms with Crippen molar-refractivity contribution in [1.82, 2.24) is 4.57 Å². The Morgan fingerprint density at radius 2 is 1.88 bits per heavy atom. The lowest BCUT2D eigenvalue weighted by molar-refractivity contribution is -0.674. The first-order valence-electron chi connectivity index (χ1n) is 8.81. The molecular weight excluding hydrogens is 312 g/mol. The number of benzene rings is 2. The predicted molar refractivity (Wildman–Crippen MR) is 98.8 cm³/mol. The lowest BCUT2D eigenvalue weighted by Gasteiger charge is -2.05. The second-order valence-electron chi connectivity index (χ2n) is 6.23. The minimum Gasteiger partial charge on any atom is -0.462 e. The minimum absolute atomic E-state index is 0.270. The lowest BCUT2D eigenvalue weighted by atomic mass is 10.1. The Bertz CT molecular complexity index is 925. The number of rotatable bonds is 5. The Labute approximate surface area is 148 Å². The molecule has 130 valence electrons. The zero-order valence-corrected chi connectivity index (χ0v) is 15.4. The van der Waals surface area contributed by atoms with Crippen molar-refractivity contribution in [3.8, 4) is 0 Å². The fourth-order valence-electron chi connectivity index (χ4n) is 3.36. The highest BCUT2D eigenvalue weighted by molar-refractivity contribution is 5.93. The van der Waals surface area contributed by atoms with Crippen molar-refractivity contribution in [2.45, 2.75) is 40.8 Å². The molecule has 0 saturated heterocycles. The molecule has 0 N–H and O–H groups in total. The minimum atomic E-state index is -0.270. The summed E-state index contributed by atoms with van der Waals surface area (Å²) >= 11 is 0. The van der Waals surface area contributed by atoms with Crippen LogP contribution >= 0.6 is 0 Å². The summed E-state index contributed by atoms with van der Waals surface area (Å²) in [4.78, 5) is 12.1. The SMILES string of the molecule is CCOC(=O)c1ccc2c(c1)n(Cc1ccccc1C)c(C)[n+]2CC. The smallest absolute Gasteiger partial charge is 0.338 e. The van der Waals surface area contributed by atoms with E-state index in [1.165, 1.54) is 17.0 Å². The average Bonchev–Trinajstić information content (AvgIpc) is 2.87. The number of hydrogen-bond donors (Lipinski definition) is 0. The highest BCUT2D eigenvalue weighted by atomic mass is 16.5. The normalized spacial score (nSPS) is 11.0. The van der Waals surface area contributed by atoms with Crippen LogP contribution in [0, 0.1) is 13.8 Å². The van der Waals surface area contributed by atoms with Gasteiger partial charge in [-0.1, -0.05) is 24.3 Å². The summed E-state index contributed by atoms with van der Waals surface area (Å²) in [6.07, 6.45) is 0. The molecular formula is C21H25N2O2+. The molecule has 0 amide bonds. The summed E-state index contributed by atoms with van der Waals surface area (Å²) < 4.78 is 9.72. The van der Waals surface area contributed by atoms with Gasteiger partial charge in [-0.15, -0.1) is 0 Å². The second-order valence-corrected chi connectivity index (χ2v) is 6.23. The van der Waals surface area contributed by atoms with E-state index in [2.05, 4.69) is 54.2 Å². The Morgan fingerprint density at radius 3 is 2.56 bits per heavy atom. The van der Waals surface area contributed by atoms with Gasteiger partial charge in [0.25, 0.3) is 5.82 Å². The van der Waals surface area contributed by atoms with Crippen molar-refractivity contribution >= 4 is 17.0 Å². The Hall–Kier alpha value is -2.62. The van der Waals surface area contributed by atoms with Gasteiger partial charge in [0.15, 0.2) is 11.0 Å². The molecule has 1 heterocycles. The van der Waals surface area contributed by atoms with Crippen molar-refractivity contribution in [3.05, 3.63) is 65.0 Å². The van der Waals surface area contributed by atoms with E-state index in [4.69, 9.17) is 4.74 Å². The van der Waals surface area contributed by atoms with Gasteiger partial charge in [0.2, 0.25) is 0 Å². The number of carbonyl (C=O) groups excluding carboxylic acids is 1. The maximum absolute atomic E-state index is 12.1. The van der Waals surface area contributed by atoms with Crippen molar-refractivity contribution in [2.75, 3.05) is 6.61 Å². The fourth-order valence-corrected chi connectivity index (χ4v) is 3.36. The lowest BCUT2D eigenvalue weighted by Crippen LogP contribution is -2.35. The molecule has 0 spiro atoms. The largest absolute Gasteiger partial charge is 0.462 e. The van der Waals surface area contributed by atoms with Crippen LogP contribution in [0.25, 0.3) is 11.0 Å². The van der Waals surface area contributed by atoms with E-state index < -0.39 is 0 Å². The van der Waals surface area contributed by atoms with E-state index >= 15 is 0 Å². The van der Waals surface area contributed by atoms with E-state index in [1.54, 1.807) is 0 Å². The van der Waals surface area contributed by atoms with Gasteiger partial charge in [-0.2, -0.15) is 0 Å². The molecule has 0 aliphatic heterocycles. The quantitative estimate of drug-likeness (QED) is 0.524. The number of ether oxygens (including phenoxy) is 1. The molecule has 0 bridgehead atoms. The van der Waals surface area contributed by atoms with E-state index in [-0.39, 0.29) is 5.97 Å². The van der Waals surface area contributed by atoms with Crippen LogP contribution in [-0.2, 0) is 17.8 Å². The summed E-state index contributed by atoms with van der Waals surface area (Å²) in [5.74, 6) is 0.913. The first-order chi connectivity index (χ1) is 12.1. The Kier molecular flexibility index (Phi) is 4.88. The zero-order valence-electron chi connectivity index (χ0n) is 15.4. The Balaban J connectivity index is 2.15. The molecule has 2 aromatic carbocycles. The van der Waals surface area contributed by atoms with Gasteiger partial charge >= 0.3 is 5.97 Å². The standard InChI is InChI=1S/C21H25N2O2/c1-5-22-16(4)23(14-18-10-8-7-9-15(18)3)20-13-17(11-12-19(20)22)21(24)25-6-2/h7-13H,5-6,14H2,1-4H3/q+1. The van der Waals surface area contributed by atoms with Crippen LogP contribution in [-0.4, -0.2) is 17.1 Å². The Morgan fingerprint density at radius 1 is 1.12 bits per heavy atom. The second kappa shape index (κ2) is 7.09. The third kappa shape index (κ3) is 3.16. The molecule has 4 nitrogen and oxygen atoms in total. The van der Waals surface area contributed by atoms with Crippen LogP contribution in [0.2, 0.25) is 0 Å². The molecule has 1 aromatic heterocycles. The molecule has 0 atom stereocenters. The van der Waals surface area contributed by atoms with Crippen molar-refractivity contribution < 1.29 is 14.1 Å². The predicted octanol–water partition coefficient (Wildman–Crippen LogP) is 3.79. The molecule has 25 heavy (non-hydrogen) atoms. The summed E-state index contributed by atoms with van der Waals surface area (Å²) in [6.45, 7) is 10.3. The van der Waals surface area contributed by atoms with Gasteiger partial charge in [0.1, 0.15) is 6.54 Å². The van der Waals surface area contributed by atoms with Gasteiger partial charge < -0.3 is 4.74 Å². The highest BCUT2D eigenvalue weighted by Crippen LogP contribution is 2.20. The number of carbonyl (C=O) groups is 1. The van der Waals surface area contributed by atoms with Crippen LogP contribution in [0.4, 0.5) is 0 Å². The van der Waals surface area contributed by atoms with Gasteiger partial charge in [-0.3, -0.25) is 0 Å². The first kappa shape index (κ1) is 17.2. The molecule has 0 radical (unpaired) electrons. The summed E-state index contributed by atoms with van der Waals surface area (Å²) in [5.41, 5.74) is 5.36. The summed E-state index contributed by atoms with van der Waals surface area (Å²) in [5, 5.41) is 0. The van der Waals surface area contributed by atoms with Crippen LogP contribution in [0.1, 0.15) is 41.2 Å². The zero-order chi connectivity index (χ0) is 18.0. The number of nitrogens with zero attached hydrogens (tertiary/aromatic N) is 2. The molecule has 0 aliphatic rings. The number of esters is 1. The number of aromatic nitrogens is 2. The molecule has 3 rings (SSSR count).